The first-order chi connectivity index (χ1) is 14.6. The van der Waals surface area contributed by atoms with Gasteiger partial charge in [0.1, 0.15) is 0 Å². The minimum atomic E-state index is 0. The van der Waals surface area contributed by atoms with Gasteiger partial charge in [-0.15, -0.1) is 24.0 Å². The maximum Gasteiger partial charge on any atom is 0.219 e. The quantitative estimate of drug-likeness (QED) is 0.180. The highest BCUT2D eigenvalue weighted by molar-refractivity contribution is 14.0. The number of aliphatic imine (C=N–C) groups is 1. The molecule has 0 unspecified atom stereocenters. The summed E-state index contributed by atoms with van der Waals surface area (Å²) < 4.78 is 16.6. The summed E-state index contributed by atoms with van der Waals surface area (Å²) in [5, 5.41) is 6.66. The number of nitrogens with zero attached hydrogens (tertiary/aromatic N) is 2. The highest BCUT2D eigenvalue weighted by Gasteiger charge is 2.13. The van der Waals surface area contributed by atoms with Crippen LogP contribution in [0.5, 0.6) is 23.1 Å². The maximum atomic E-state index is 5.90. The topological polar surface area (TPSA) is 77.0 Å². The summed E-state index contributed by atoms with van der Waals surface area (Å²) in [5.74, 6) is 3.69. The lowest BCUT2D eigenvalue weighted by atomic mass is 10.1. The van der Waals surface area contributed by atoms with Gasteiger partial charge < -0.3 is 24.8 Å². The molecule has 0 spiro atoms. The first kappa shape index (κ1) is 26.8. The highest BCUT2D eigenvalue weighted by Crippen LogP contribution is 2.39. The molecule has 0 radical (unpaired) electrons. The van der Waals surface area contributed by atoms with E-state index in [1.165, 1.54) is 12.8 Å². The molecule has 0 aliphatic rings. The molecule has 31 heavy (non-hydrogen) atoms. The van der Waals surface area contributed by atoms with Gasteiger partial charge in [0.2, 0.25) is 11.6 Å². The fraction of sp³-hybridized carbons (Fsp3) is 0.478. The molecular formula is C23H35IN4O3. The molecule has 1 aromatic heterocycles. The van der Waals surface area contributed by atoms with Crippen molar-refractivity contribution in [2.45, 2.75) is 39.7 Å². The minimum Gasteiger partial charge on any atom is -0.493 e. The van der Waals surface area contributed by atoms with E-state index in [9.17, 15) is 0 Å². The molecule has 172 valence electrons. The lowest BCUT2D eigenvalue weighted by molar-refractivity contribution is 0.342. The highest BCUT2D eigenvalue weighted by atomic mass is 127. The van der Waals surface area contributed by atoms with Gasteiger partial charge in [-0.05, 0) is 30.0 Å². The lowest BCUT2D eigenvalue weighted by Crippen LogP contribution is -2.37. The Labute approximate surface area is 203 Å². The molecule has 0 saturated carbocycles. The Morgan fingerprint density at radius 2 is 1.74 bits per heavy atom. The van der Waals surface area contributed by atoms with E-state index < -0.39 is 0 Å². The van der Waals surface area contributed by atoms with Gasteiger partial charge in [0.05, 0.1) is 14.2 Å². The van der Waals surface area contributed by atoms with Gasteiger partial charge in [-0.25, -0.2) is 4.98 Å². The Bertz CT molecular complexity index is 776. The van der Waals surface area contributed by atoms with Gasteiger partial charge in [0.25, 0.3) is 0 Å². The van der Waals surface area contributed by atoms with Crippen LogP contribution >= 0.6 is 24.0 Å². The van der Waals surface area contributed by atoms with Crippen LogP contribution in [-0.2, 0) is 6.54 Å². The van der Waals surface area contributed by atoms with Gasteiger partial charge in [0, 0.05) is 32.4 Å². The number of aromatic nitrogens is 1. The van der Waals surface area contributed by atoms with Crippen LogP contribution in [0.4, 0.5) is 0 Å². The molecule has 0 atom stereocenters. The number of hydrogen-bond donors (Lipinski definition) is 2. The van der Waals surface area contributed by atoms with E-state index in [1.54, 1.807) is 27.5 Å². The van der Waals surface area contributed by atoms with Crippen LogP contribution in [0, 0.1) is 5.92 Å². The Morgan fingerprint density at radius 3 is 2.29 bits per heavy atom. The summed E-state index contributed by atoms with van der Waals surface area (Å²) >= 11 is 0. The molecule has 2 N–H and O–H groups in total. The van der Waals surface area contributed by atoms with Crippen molar-refractivity contribution in [1.82, 2.24) is 15.6 Å². The number of halogens is 1. The first-order valence-electron chi connectivity index (χ1n) is 10.4. The molecule has 8 heteroatoms. The molecule has 0 bridgehead atoms. The molecule has 0 aliphatic carbocycles. The molecule has 0 amide bonds. The van der Waals surface area contributed by atoms with E-state index in [1.807, 2.05) is 30.3 Å². The van der Waals surface area contributed by atoms with Crippen LogP contribution < -0.4 is 24.8 Å². The van der Waals surface area contributed by atoms with Gasteiger partial charge in [-0.3, -0.25) is 4.99 Å². The Kier molecular flexibility index (Phi) is 12.7. The predicted octanol–water partition coefficient (Wildman–Crippen LogP) is 5.00. The van der Waals surface area contributed by atoms with E-state index in [0.717, 1.165) is 30.4 Å². The Morgan fingerprint density at radius 1 is 1.03 bits per heavy atom. The van der Waals surface area contributed by atoms with E-state index >= 15 is 0 Å². The zero-order valence-corrected chi connectivity index (χ0v) is 21.4. The molecule has 0 aliphatic heterocycles. The van der Waals surface area contributed by atoms with E-state index in [4.69, 9.17) is 14.2 Å². The summed E-state index contributed by atoms with van der Waals surface area (Å²) in [6.45, 7) is 6.05. The molecule has 2 rings (SSSR count). The average Bonchev–Trinajstić information content (AvgIpc) is 2.76. The van der Waals surface area contributed by atoms with Crippen LogP contribution in [0.3, 0.4) is 0 Å². The zero-order valence-electron chi connectivity index (χ0n) is 19.1. The summed E-state index contributed by atoms with van der Waals surface area (Å²) in [5.41, 5.74) is 1.03. The predicted molar refractivity (Wildman–Crippen MR) is 136 cm³/mol. The van der Waals surface area contributed by atoms with Crippen molar-refractivity contribution in [2.75, 3.05) is 27.8 Å². The largest absolute Gasteiger partial charge is 0.493 e. The van der Waals surface area contributed by atoms with E-state index in [-0.39, 0.29) is 24.0 Å². The number of para-hydroxylation sites is 1. The van der Waals surface area contributed by atoms with Crippen molar-refractivity contribution in [3.05, 3.63) is 42.1 Å². The second kappa shape index (κ2) is 14.7. The molecule has 1 heterocycles. The number of guanidine groups is 1. The van der Waals surface area contributed by atoms with Crippen LogP contribution in [0.2, 0.25) is 0 Å². The SMILES string of the molecule is CN=C(NCCCCC(C)C)NCc1ccc(Oc2c(OC)cccc2OC)nc1.I. The average molecular weight is 542 g/mol. The molecule has 2 aromatic rings. The minimum absolute atomic E-state index is 0. The molecule has 7 nitrogen and oxygen atoms in total. The zero-order chi connectivity index (χ0) is 21.8. The maximum absolute atomic E-state index is 5.90. The molecule has 0 fully saturated rings. The fourth-order valence-corrected chi connectivity index (χ4v) is 2.89. The number of ether oxygens (including phenoxy) is 3. The van der Waals surface area contributed by atoms with Crippen LogP contribution in [0.1, 0.15) is 38.7 Å². The first-order valence-corrected chi connectivity index (χ1v) is 10.4. The number of hydrogen-bond acceptors (Lipinski definition) is 5. The third kappa shape index (κ3) is 9.20. The van der Waals surface area contributed by atoms with Crippen molar-refractivity contribution in [1.29, 1.82) is 0 Å². The van der Waals surface area contributed by atoms with E-state index in [2.05, 4.69) is 34.5 Å². The Balaban J connectivity index is 0.00000480. The van der Waals surface area contributed by atoms with Crippen molar-refractivity contribution in [2.24, 2.45) is 10.9 Å². The van der Waals surface area contributed by atoms with Crippen LogP contribution in [0.25, 0.3) is 0 Å². The van der Waals surface area contributed by atoms with Gasteiger partial charge in [-0.2, -0.15) is 0 Å². The van der Waals surface area contributed by atoms with Crippen LogP contribution in [-0.4, -0.2) is 38.8 Å². The summed E-state index contributed by atoms with van der Waals surface area (Å²) in [4.78, 5) is 8.67. The van der Waals surface area contributed by atoms with Crippen molar-refractivity contribution >= 4 is 29.9 Å². The molecular weight excluding hydrogens is 507 g/mol. The van der Waals surface area contributed by atoms with E-state index in [0.29, 0.717) is 29.7 Å². The van der Waals surface area contributed by atoms with Gasteiger partial charge in [0.15, 0.2) is 17.5 Å². The third-order valence-electron chi connectivity index (χ3n) is 4.57. The Hall–Kier alpha value is -2.23. The summed E-state index contributed by atoms with van der Waals surface area (Å²) in [6.07, 6.45) is 5.40. The summed E-state index contributed by atoms with van der Waals surface area (Å²) in [7, 11) is 4.96. The standard InChI is InChI=1S/C23H34N4O3.HI/c1-17(2)9-6-7-14-25-23(24-3)27-16-18-12-13-21(26-15-18)30-22-19(28-4)10-8-11-20(22)29-5;/h8,10-13,15,17H,6-7,9,14,16H2,1-5H3,(H2,24,25,27);1H. The summed E-state index contributed by atoms with van der Waals surface area (Å²) in [6, 6.07) is 9.27. The number of rotatable bonds is 11. The number of pyridine rings is 1. The fourth-order valence-electron chi connectivity index (χ4n) is 2.89. The smallest absolute Gasteiger partial charge is 0.219 e. The van der Waals surface area contributed by atoms with Crippen molar-refractivity contribution in [3.63, 3.8) is 0 Å². The number of unbranched alkanes of at least 4 members (excludes halogenated alkanes) is 1. The second-order valence-corrected chi connectivity index (χ2v) is 7.34. The number of methoxy groups -OCH3 is 2. The van der Waals surface area contributed by atoms with Crippen LogP contribution in [0.15, 0.2) is 41.5 Å². The van der Waals surface area contributed by atoms with Gasteiger partial charge in [-0.1, -0.05) is 38.8 Å². The molecule has 0 saturated heterocycles. The van der Waals surface area contributed by atoms with Crippen molar-refractivity contribution < 1.29 is 14.2 Å². The van der Waals surface area contributed by atoms with Gasteiger partial charge >= 0.3 is 0 Å². The molecule has 1 aromatic carbocycles. The monoisotopic (exact) mass is 542 g/mol. The number of benzene rings is 1. The second-order valence-electron chi connectivity index (χ2n) is 7.34. The third-order valence-corrected chi connectivity index (χ3v) is 4.57. The lowest BCUT2D eigenvalue weighted by Gasteiger charge is -2.14. The van der Waals surface area contributed by atoms with Crippen molar-refractivity contribution in [3.8, 4) is 23.1 Å². The normalized spacial score (nSPS) is 11.0. The number of nitrogens with one attached hydrogen (secondary N) is 2.